The summed E-state index contributed by atoms with van der Waals surface area (Å²) in [6.45, 7) is 6.44. The van der Waals surface area contributed by atoms with E-state index in [9.17, 15) is 9.18 Å². The summed E-state index contributed by atoms with van der Waals surface area (Å²) in [6.07, 6.45) is -0.347. The molecule has 1 atom stereocenters. The number of halogens is 1. The summed E-state index contributed by atoms with van der Waals surface area (Å²) in [5.41, 5.74) is 1.31. The Hall–Kier alpha value is -2.37. The van der Waals surface area contributed by atoms with Crippen molar-refractivity contribution in [2.24, 2.45) is 0 Å². The molecule has 22 heavy (non-hydrogen) atoms. The highest BCUT2D eigenvalue weighted by molar-refractivity contribution is 5.92. The first-order chi connectivity index (χ1) is 10.5. The molecule has 0 spiro atoms. The van der Waals surface area contributed by atoms with Crippen LogP contribution in [0.5, 0.6) is 5.75 Å². The Kier molecular flexibility index (Phi) is 5.14. The van der Waals surface area contributed by atoms with Crippen molar-refractivity contribution in [2.75, 3.05) is 6.54 Å². The van der Waals surface area contributed by atoms with Gasteiger partial charge in [0.1, 0.15) is 11.8 Å². The number of amides is 1. The Morgan fingerprint density at radius 2 is 2.18 bits per heavy atom. The van der Waals surface area contributed by atoms with E-state index in [1.165, 1.54) is 6.07 Å². The lowest BCUT2D eigenvalue weighted by Crippen LogP contribution is -2.34. The molecule has 5 nitrogen and oxygen atoms in total. The third-order valence-corrected chi connectivity index (χ3v) is 3.15. The molecule has 0 aliphatic heterocycles. The second-order valence-corrected chi connectivity index (χ2v) is 5.06. The van der Waals surface area contributed by atoms with E-state index < -0.39 is 5.82 Å². The number of hydrogen-bond acceptors (Lipinski definition) is 3. The van der Waals surface area contributed by atoms with Crippen molar-refractivity contribution in [3.8, 4) is 5.75 Å². The monoisotopic (exact) mass is 305 g/mol. The molecule has 0 bridgehead atoms. The molecule has 1 N–H and O–H groups in total. The zero-order valence-electron chi connectivity index (χ0n) is 13.0. The number of hydrogen-bond donors (Lipinski definition) is 1. The Morgan fingerprint density at radius 3 is 2.86 bits per heavy atom. The van der Waals surface area contributed by atoms with Gasteiger partial charge in [0.05, 0.1) is 12.2 Å². The van der Waals surface area contributed by atoms with E-state index in [4.69, 9.17) is 4.74 Å². The molecule has 0 saturated heterocycles. The second kappa shape index (κ2) is 7.06. The quantitative estimate of drug-likeness (QED) is 0.892. The van der Waals surface area contributed by atoms with Crippen LogP contribution in [0.4, 0.5) is 4.39 Å². The zero-order chi connectivity index (χ0) is 16.1. The molecule has 2 rings (SSSR count). The second-order valence-electron chi connectivity index (χ2n) is 5.06. The Labute approximate surface area is 129 Å². The van der Waals surface area contributed by atoms with E-state index in [1.807, 2.05) is 13.8 Å². The summed E-state index contributed by atoms with van der Waals surface area (Å²) in [4.78, 5) is 12.2. The molecule has 2 aromatic rings. The summed E-state index contributed by atoms with van der Waals surface area (Å²) in [6, 6.07) is 7.93. The first-order valence-electron chi connectivity index (χ1n) is 7.25. The number of rotatable bonds is 6. The minimum absolute atomic E-state index is 0.179. The highest BCUT2D eigenvalue weighted by Gasteiger charge is 2.15. The summed E-state index contributed by atoms with van der Waals surface area (Å²) < 4.78 is 20.6. The van der Waals surface area contributed by atoms with Crippen LogP contribution < -0.4 is 10.1 Å². The van der Waals surface area contributed by atoms with Crippen molar-refractivity contribution < 1.29 is 13.9 Å². The smallest absolute Gasteiger partial charge is 0.269 e. The van der Waals surface area contributed by atoms with Gasteiger partial charge in [0.15, 0.2) is 11.6 Å². The van der Waals surface area contributed by atoms with Crippen LogP contribution in [-0.4, -0.2) is 28.3 Å². The summed E-state index contributed by atoms with van der Waals surface area (Å²) in [7, 11) is 0. The van der Waals surface area contributed by atoms with Crippen molar-refractivity contribution >= 4 is 5.91 Å². The van der Waals surface area contributed by atoms with Gasteiger partial charge >= 0.3 is 0 Å². The molecule has 0 unspecified atom stereocenters. The highest BCUT2D eigenvalue weighted by Crippen LogP contribution is 2.16. The van der Waals surface area contributed by atoms with Gasteiger partial charge in [-0.3, -0.25) is 9.48 Å². The van der Waals surface area contributed by atoms with Crippen LogP contribution in [0.15, 0.2) is 30.3 Å². The van der Waals surface area contributed by atoms with Crippen molar-refractivity contribution in [3.05, 3.63) is 47.5 Å². The van der Waals surface area contributed by atoms with E-state index in [0.29, 0.717) is 12.2 Å². The number of nitrogens with one attached hydrogen (secondary N) is 1. The van der Waals surface area contributed by atoms with Gasteiger partial charge in [-0.1, -0.05) is 12.1 Å². The minimum atomic E-state index is -0.416. The maximum Gasteiger partial charge on any atom is 0.269 e. The van der Waals surface area contributed by atoms with Crippen molar-refractivity contribution in [1.29, 1.82) is 0 Å². The normalized spacial score (nSPS) is 12.0. The highest BCUT2D eigenvalue weighted by atomic mass is 19.1. The number of carbonyl (C=O) groups excluding carboxylic acids is 1. The lowest BCUT2D eigenvalue weighted by molar-refractivity contribution is 0.0920. The van der Waals surface area contributed by atoms with Gasteiger partial charge in [-0.25, -0.2) is 4.39 Å². The maximum atomic E-state index is 13.5. The predicted octanol–water partition coefficient (Wildman–Crippen LogP) is 2.55. The van der Waals surface area contributed by atoms with Crippen LogP contribution in [0.3, 0.4) is 0 Å². The Morgan fingerprint density at radius 1 is 1.45 bits per heavy atom. The average Bonchev–Trinajstić information content (AvgIpc) is 2.88. The van der Waals surface area contributed by atoms with Crippen LogP contribution in [0, 0.1) is 12.7 Å². The molecule has 0 aliphatic rings. The lowest BCUT2D eigenvalue weighted by Gasteiger charge is -2.16. The van der Waals surface area contributed by atoms with Gasteiger partial charge in [0.25, 0.3) is 5.91 Å². The molecular weight excluding hydrogens is 285 g/mol. The summed E-state index contributed by atoms with van der Waals surface area (Å²) in [5.74, 6) is -0.453. The van der Waals surface area contributed by atoms with E-state index in [1.54, 1.807) is 35.9 Å². The van der Waals surface area contributed by atoms with Crippen LogP contribution in [0.25, 0.3) is 0 Å². The molecule has 1 aromatic carbocycles. The van der Waals surface area contributed by atoms with Gasteiger partial charge in [-0.05, 0) is 39.0 Å². The Balaban J connectivity index is 1.92. The van der Waals surface area contributed by atoms with Crippen LogP contribution in [-0.2, 0) is 6.54 Å². The number of nitrogens with zero attached hydrogens (tertiary/aromatic N) is 2. The first kappa shape index (κ1) is 16.0. The van der Waals surface area contributed by atoms with Gasteiger partial charge in [-0.15, -0.1) is 0 Å². The molecule has 1 aromatic heterocycles. The molecular formula is C16H20FN3O2. The number of aryl methyl sites for hydroxylation is 2. The van der Waals surface area contributed by atoms with Gasteiger partial charge in [-0.2, -0.15) is 5.10 Å². The lowest BCUT2D eigenvalue weighted by atomic mass is 10.3. The number of carbonyl (C=O) groups is 1. The molecule has 0 fully saturated rings. The molecule has 1 amide bonds. The third kappa shape index (κ3) is 3.84. The molecule has 1 heterocycles. The summed E-state index contributed by atoms with van der Waals surface area (Å²) >= 11 is 0. The minimum Gasteiger partial charge on any atom is -0.486 e. The van der Waals surface area contributed by atoms with E-state index in [2.05, 4.69) is 10.4 Å². The standard InChI is InChI=1S/C16H20FN3O2/c1-4-20-14(9-11(2)19-20)16(21)18-10-12(3)22-15-8-6-5-7-13(15)17/h5-9,12H,4,10H2,1-3H3,(H,18,21)/t12-/m1/s1. The first-order valence-corrected chi connectivity index (χ1v) is 7.25. The van der Waals surface area contributed by atoms with Crippen molar-refractivity contribution in [3.63, 3.8) is 0 Å². The van der Waals surface area contributed by atoms with Crippen LogP contribution in [0.1, 0.15) is 30.0 Å². The molecule has 6 heteroatoms. The van der Waals surface area contributed by atoms with E-state index >= 15 is 0 Å². The number of para-hydroxylation sites is 1. The Bertz CT molecular complexity index is 655. The van der Waals surface area contributed by atoms with Crippen molar-refractivity contribution in [2.45, 2.75) is 33.4 Å². The molecule has 0 saturated carbocycles. The summed E-state index contributed by atoms with van der Waals surface area (Å²) in [5, 5.41) is 7.01. The molecule has 0 aliphatic carbocycles. The van der Waals surface area contributed by atoms with Crippen LogP contribution in [0.2, 0.25) is 0 Å². The number of aromatic nitrogens is 2. The number of benzene rings is 1. The predicted molar refractivity (Wildman–Crippen MR) is 81.5 cm³/mol. The van der Waals surface area contributed by atoms with Crippen LogP contribution >= 0.6 is 0 Å². The van der Waals surface area contributed by atoms with Crippen molar-refractivity contribution in [1.82, 2.24) is 15.1 Å². The van der Waals surface area contributed by atoms with E-state index in [-0.39, 0.29) is 24.3 Å². The fraction of sp³-hybridized carbons (Fsp3) is 0.375. The molecule has 118 valence electrons. The zero-order valence-corrected chi connectivity index (χ0v) is 13.0. The SMILES string of the molecule is CCn1nc(C)cc1C(=O)NC[C@@H](C)Oc1ccccc1F. The maximum absolute atomic E-state index is 13.5. The fourth-order valence-electron chi connectivity index (χ4n) is 2.10. The van der Waals surface area contributed by atoms with E-state index in [0.717, 1.165) is 5.69 Å². The van der Waals surface area contributed by atoms with Gasteiger partial charge in [0, 0.05) is 6.54 Å². The average molecular weight is 305 g/mol. The third-order valence-electron chi connectivity index (χ3n) is 3.15. The van der Waals surface area contributed by atoms with Gasteiger partial charge in [0.2, 0.25) is 0 Å². The van der Waals surface area contributed by atoms with Gasteiger partial charge < -0.3 is 10.1 Å². The largest absolute Gasteiger partial charge is 0.486 e. The fourth-order valence-corrected chi connectivity index (χ4v) is 2.10. The topological polar surface area (TPSA) is 56.2 Å². The molecule has 0 radical (unpaired) electrons. The number of ether oxygens (including phenoxy) is 1.